The highest BCUT2D eigenvalue weighted by Crippen LogP contribution is 2.30. The number of hydrogen-bond acceptors (Lipinski definition) is 1. The van der Waals surface area contributed by atoms with Crippen molar-refractivity contribution in [3.63, 3.8) is 0 Å². The van der Waals surface area contributed by atoms with E-state index in [-0.39, 0.29) is 22.9 Å². The lowest BCUT2D eigenvalue weighted by atomic mass is 9.85. The normalized spacial score (nSPS) is 13.6. The van der Waals surface area contributed by atoms with Crippen LogP contribution in [0.2, 0.25) is 0 Å². The monoisotopic (exact) mass is 378 g/mol. The van der Waals surface area contributed by atoms with Crippen molar-refractivity contribution in [2.45, 2.75) is 11.8 Å². The van der Waals surface area contributed by atoms with Crippen molar-refractivity contribution in [3.8, 4) is 0 Å². The van der Waals surface area contributed by atoms with Crippen molar-refractivity contribution in [3.05, 3.63) is 70.8 Å². The predicted octanol–water partition coefficient (Wildman–Crippen LogP) is 5.16. The first-order valence-corrected chi connectivity index (χ1v) is 8.01. The summed E-state index contributed by atoms with van der Waals surface area (Å²) >= 11 is 11.6. The van der Waals surface area contributed by atoms with Crippen LogP contribution in [0.4, 0.5) is 17.6 Å². The van der Waals surface area contributed by atoms with E-state index < -0.39 is 40.9 Å². The summed E-state index contributed by atoms with van der Waals surface area (Å²) in [4.78, 5) is 12.7. The lowest BCUT2D eigenvalue weighted by Crippen LogP contribution is -2.23. The van der Waals surface area contributed by atoms with Crippen LogP contribution in [0.15, 0.2) is 36.4 Å². The standard InChI is InChI=1S/C17H12Cl2F4O/c18-7-11(9-1-3-13(20)15(22)5-9)17(24)12(8-19)10-2-4-14(21)16(23)6-10/h1-6,11-12H,7-8H2. The zero-order chi connectivity index (χ0) is 17.9. The molecule has 2 unspecified atom stereocenters. The fourth-order valence-electron chi connectivity index (χ4n) is 2.36. The van der Waals surface area contributed by atoms with E-state index in [1.54, 1.807) is 0 Å². The summed E-state index contributed by atoms with van der Waals surface area (Å²) in [5.41, 5.74) is 0.373. The number of carbonyl (C=O) groups is 1. The highest BCUT2D eigenvalue weighted by atomic mass is 35.5. The van der Waals surface area contributed by atoms with Crippen LogP contribution in [-0.2, 0) is 4.79 Å². The van der Waals surface area contributed by atoms with Crippen LogP contribution in [0.1, 0.15) is 23.0 Å². The Morgan fingerprint density at radius 2 is 1.12 bits per heavy atom. The van der Waals surface area contributed by atoms with Crippen molar-refractivity contribution in [2.24, 2.45) is 0 Å². The van der Waals surface area contributed by atoms with Crippen molar-refractivity contribution in [1.29, 1.82) is 0 Å². The number of benzene rings is 2. The van der Waals surface area contributed by atoms with E-state index in [2.05, 4.69) is 0 Å². The summed E-state index contributed by atoms with van der Waals surface area (Å²) in [7, 11) is 0. The maximum absolute atomic E-state index is 13.4. The maximum atomic E-state index is 13.4. The van der Waals surface area contributed by atoms with Gasteiger partial charge in [-0.05, 0) is 35.4 Å². The van der Waals surface area contributed by atoms with Crippen LogP contribution in [0.25, 0.3) is 0 Å². The molecule has 0 heterocycles. The lowest BCUT2D eigenvalue weighted by Gasteiger charge is -2.20. The van der Waals surface area contributed by atoms with Crippen LogP contribution >= 0.6 is 23.2 Å². The summed E-state index contributed by atoms with van der Waals surface area (Å²) in [6, 6.07) is 6.06. The Hall–Kier alpha value is -1.59. The molecule has 2 aromatic rings. The highest BCUT2D eigenvalue weighted by molar-refractivity contribution is 6.22. The third-order valence-corrected chi connectivity index (χ3v) is 4.30. The van der Waals surface area contributed by atoms with Crippen LogP contribution in [-0.4, -0.2) is 17.5 Å². The van der Waals surface area contributed by atoms with Gasteiger partial charge < -0.3 is 0 Å². The molecule has 0 aliphatic rings. The van der Waals surface area contributed by atoms with E-state index in [1.165, 1.54) is 12.1 Å². The van der Waals surface area contributed by atoms with E-state index in [9.17, 15) is 22.4 Å². The fraction of sp³-hybridized carbons (Fsp3) is 0.235. The minimum Gasteiger partial charge on any atom is -0.298 e. The molecule has 0 fully saturated rings. The number of carbonyl (C=O) groups excluding carboxylic acids is 1. The first-order chi connectivity index (χ1) is 11.4. The Kier molecular flexibility index (Phi) is 6.24. The number of alkyl halides is 2. The molecule has 2 aromatic carbocycles. The van der Waals surface area contributed by atoms with E-state index >= 15 is 0 Å². The van der Waals surface area contributed by atoms with Crippen LogP contribution in [0.5, 0.6) is 0 Å². The van der Waals surface area contributed by atoms with Crippen molar-refractivity contribution in [1.82, 2.24) is 0 Å². The van der Waals surface area contributed by atoms with E-state index in [1.807, 2.05) is 0 Å². The largest absolute Gasteiger partial charge is 0.298 e. The highest BCUT2D eigenvalue weighted by Gasteiger charge is 2.29. The SMILES string of the molecule is O=C(C(CCl)c1ccc(F)c(F)c1)C(CCl)c1ccc(F)c(F)c1. The molecule has 7 heteroatoms. The minimum atomic E-state index is -1.11. The molecule has 0 bridgehead atoms. The van der Waals surface area contributed by atoms with Gasteiger partial charge in [-0.2, -0.15) is 0 Å². The Labute approximate surface area is 146 Å². The first-order valence-electron chi connectivity index (χ1n) is 6.94. The molecule has 2 atom stereocenters. The number of ketones is 1. The minimum absolute atomic E-state index is 0.187. The van der Waals surface area contributed by atoms with E-state index in [0.717, 1.165) is 24.3 Å². The molecule has 0 aliphatic heterocycles. The van der Waals surface area contributed by atoms with Gasteiger partial charge in [-0.3, -0.25) is 4.79 Å². The molecule has 0 amide bonds. The van der Waals surface area contributed by atoms with Crippen molar-refractivity contribution < 1.29 is 22.4 Å². The zero-order valence-electron chi connectivity index (χ0n) is 12.2. The van der Waals surface area contributed by atoms with Gasteiger partial charge in [0, 0.05) is 11.8 Å². The molecule has 0 aliphatic carbocycles. The first kappa shape index (κ1) is 18.7. The number of Topliss-reactive ketones (excluding diaryl/α,β-unsaturated/α-hetero) is 1. The Morgan fingerprint density at radius 3 is 1.42 bits per heavy atom. The quantitative estimate of drug-likeness (QED) is 0.501. The Morgan fingerprint density at radius 1 is 0.750 bits per heavy atom. The molecule has 0 N–H and O–H groups in total. The van der Waals surface area contributed by atoms with E-state index in [4.69, 9.17) is 23.2 Å². The van der Waals surface area contributed by atoms with Crippen LogP contribution in [0, 0.1) is 23.3 Å². The summed E-state index contributed by atoms with van der Waals surface area (Å²) in [5.74, 6) is -7.10. The van der Waals surface area contributed by atoms with Gasteiger partial charge >= 0.3 is 0 Å². The molecule has 0 saturated heterocycles. The second-order valence-corrected chi connectivity index (χ2v) is 5.78. The molecule has 128 valence electrons. The molecule has 1 nitrogen and oxygen atoms in total. The second kappa shape index (κ2) is 7.99. The van der Waals surface area contributed by atoms with Gasteiger partial charge in [-0.25, -0.2) is 17.6 Å². The average Bonchev–Trinajstić information content (AvgIpc) is 2.55. The van der Waals surface area contributed by atoms with Crippen molar-refractivity contribution in [2.75, 3.05) is 11.8 Å². The smallest absolute Gasteiger partial charge is 0.159 e. The summed E-state index contributed by atoms with van der Waals surface area (Å²) in [6.07, 6.45) is 0. The molecule has 0 saturated carbocycles. The van der Waals surface area contributed by atoms with Gasteiger partial charge in [0.1, 0.15) is 5.78 Å². The van der Waals surface area contributed by atoms with Crippen LogP contribution in [0.3, 0.4) is 0 Å². The molecule has 0 spiro atoms. The predicted molar refractivity (Wildman–Crippen MR) is 84.6 cm³/mol. The molecule has 24 heavy (non-hydrogen) atoms. The van der Waals surface area contributed by atoms with Gasteiger partial charge in [-0.1, -0.05) is 12.1 Å². The third-order valence-electron chi connectivity index (χ3n) is 3.69. The molecule has 0 aromatic heterocycles. The fourth-order valence-corrected chi connectivity index (χ4v) is 3.02. The molecular weight excluding hydrogens is 367 g/mol. The van der Waals surface area contributed by atoms with Gasteiger partial charge in [0.05, 0.1) is 11.8 Å². The Balaban J connectivity index is 2.37. The number of halogens is 6. The molecular formula is C17H12Cl2F4O. The van der Waals surface area contributed by atoms with Gasteiger partial charge in [0.25, 0.3) is 0 Å². The maximum Gasteiger partial charge on any atom is 0.159 e. The Bertz CT molecular complexity index is 690. The number of hydrogen-bond donors (Lipinski definition) is 0. The summed E-state index contributed by atoms with van der Waals surface area (Å²) in [6.45, 7) is 0. The zero-order valence-corrected chi connectivity index (χ0v) is 13.7. The van der Waals surface area contributed by atoms with E-state index in [0.29, 0.717) is 0 Å². The topological polar surface area (TPSA) is 17.1 Å². The molecule has 2 rings (SSSR count). The van der Waals surface area contributed by atoms with Gasteiger partial charge in [0.15, 0.2) is 23.3 Å². The summed E-state index contributed by atoms with van der Waals surface area (Å²) in [5, 5.41) is 0. The van der Waals surface area contributed by atoms with Gasteiger partial charge in [0.2, 0.25) is 0 Å². The van der Waals surface area contributed by atoms with Crippen molar-refractivity contribution >= 4 is 29.0 Å². The van der Waals surface area contributed by atoms with Gasteiger partial charge in [-0.15, -0.1) is 23.2 Å². The average molecular weight is 379 g/mol. The second-order valence-electron chi connectivity index (χ2n) is 5.16. The third kappa shape index (κ3) is 3.90. The summed E-state index contributed by atoms with van der Waals surface area (Å²) < 4.78 is 52.9. The van der Waals surface area contributed by atoms with Crippen LogP contribution < -0.4 is 0 Å². The molecule has 0 radical (unpaired) electrons. The number of rotatable bonds is 6. The lowest BCUT2D eigenvalue weighted by molar-refractivity contribution is -0.121.